The molecule has 0 spiro atoms. The Balaban J connectivity index is 1.59. The summed E-state index contributed by atoms with van der Waals surface area (Å²) in [6.07, 6.45) is 1.18. The number of nitrogen functional groups attached to an aromatic ring is 1. The van der Waals surface area contributed by atoms with Crippen molar-refractivity contribution in [3.8, 4) is 28.1 Å². The fraction of sp³-hybridized carbons (Fsp3) is 0.103. The lowest BCUT2D eigenvalue weighted by atomic mass is 9.99. The maximum absolute atomic E-state index is 14.8. The second kappa shape index (κ2) is 10.3. The number of alkyl halides is 2. The average molecular weight is 579 g/mol. The summed E-state index contributed by atoms with van der Waals surface area (Å²) in [4.78, 5) is 22.0. The number of nitrogens with zero attached hydrogens (tertiary/aromatic N) is 4. The number of halogens is 5. The third-order valence-corrected chi connectivity index (χ3v) is 6.71. The Labute approximate surface area is 232 Å². The van der Waals surface area contributed by atoms with Crippen molar-refractivity contribution >= 4 is 27.8 Å². The first kappa shape index (κ1) is 26.9. The Hall–Kier alpha value is -5.33. The highest BCUT2D eigenvalue weighted by Gasteiger charge is 2.28. The monoisotopic (exact) mass is 579 g/mol. The van der Waals surface area contributed by atoms with Crippen LogP contribution in [0.25, 0.3) is 44.4 Å². The molecule has 2 N–H and O–H groups in total. The van der Waals surface area contributed by atoms with Gasteiger partial charge in [-0.2, -0.15) is 13.9 Å². The lowest BCUT2D eigenvalue weighted by Crippen LogP contribution is -2.17. The zero-order valence-electron chi connectivity index (χ0n) is 21.5. The highest BCUT2D eigenvalue weighted by Crippen LogP contribution is 2.37. The lowest BCUT2D eigenvalue weighted by molar-refractivity contribution is -0.0521. The predicted molar refractivity (Wildman–Crippen MR) is 143 cm³/mol. The van der Waals surface area contributed by atoms with Crippen LogP contribution in [0.15, 0.2) is 76.2 Å². The maximum Gasteiger partial charge on any atom is 0.387 e. The van der Waals surface area contributed by atoms with Crippen LogP contribution < -0.4 is 15.9 Å². The molecule has 0 aliphatic heterocycles. The minimum atomic E-state index is -3.23. The van der Waals surface area contributed by atoms with Crippen molar-refractivity contribution < 1.29 is 31.1 Å². The largest absolute Gasteiger partial charge is 0.458 e. The van der Waals surface area contributed by atoms with Crippen molar-refractivity contribution in [2.24, 2.45) is 0 Å². The molecule has 13 heteroatoms. The summed E-state index contributed by atoms with van der Waals surface area (Å²) in [5, 5.41) is 4.51. The SMILES string of the molecule is CC(c1oc2cccc(F)c2c(=O)c1-c1ccc(F)cc1)n1nc(-c2ccc(OC(F)F)c(F)c2)c2c(N)ncnc21. The minimum absolute atomic E-state index is 0.0115. The number of anilines is 1. The fourth-order valence-corrected chi connectivity index (χ4v) is 4.82. The zero-order valence-corrected chi connectivity index (χ0v) is 21.5. The van der Waals surface area contributed by atoms with E-state index in [2.05, 4.69) is 19.8 Å². The van der Waals surface area contributed by atoms with Crippen LogP contribution in [-0.2, 0) is 0 Å². The van der Waals surface area contributed by atoms with E-state index in [0.29, 0.717) is 0 Å². The highest BCUT2D eigenvalue weighted by molar-refractivity contribution is 5.98. The van der Waals surface area contributed by atoms with Crippen LogP contribution in [0.1, 0.15) is 18.7 Å². The number of benzene rings is 3. The van der Waals surface area contributed by atoms with Crippen LogP contribution in [0.4, 0.5) is 27.8 Å². The van der Waals surface area contributed by atoms with E-state index in [0.717, 1.165) is 30.3 Å². The first-order valence-corrected chi connectivity index (χ1v) is 12.4. The van der Waals surface area contributed by atoms with Gasteiger partial charge in [-0.05, 0) is 55.0 Å². The molecular formula is C29H18F5N5O3. The quantitative estimate of drug-likeness (QED) is 0.225. The van der Waals surface area contributed by atoms with Crippen molar-refractivity contribution in [1.29, 1.82) is 0 Å². The lowest BCUT2D eigenvalue weighted by Gasteiger charge is -2.17. The van der Waals surface area contributed by atoms with Crippen LogP contribution in [0.2, 0.25) is 0 Å². The predicted octanol–water partition coefficient (Wildman–Crippen LogP) is 6.48. The zero-order chi connectivity index (χ0) is 29.7. The number of ether oxygens (including phenoxy) is 1. The molecule has 1 atom stereocenters. The van der Waals surface area contributed by atoms with Crippen LogP contribution in [0, 0.1) is 17.5 Å². The second-order valence-electron chi connectivity index (χ2n) is 9.24. The summed E-state index contributed by atoms with van der Waals surface area (Å²) >= 11 is 0. The first-order valence-electron chi connectivity index (χ1n) is 12.4. The van der Waals surface area contributed by atoms with Gasteiger partial charge in [0.05, 0.1) is 10.9 Å². The summed E-state index contributed by atoms with van der Waals surface area (Å²) in [5.74, 6) is -3.04. The van der Waals surface area contributed by atoms with Crippen LogP contribution in [0.5, 0.6) is 5.75 Å². The second-order valence-corrected chi connectivity index (χ2v) is 9.24. The Kier molecular flexibility index (Phi) is 6.56. The van der Waals surface area contributed by atoms with E-state index >= 15 is 0 Å². The van der Waals surface area contributed by atoms with E-state index in [4.69, 9.17) is 10.2 Å². The van der Waals surface area contributed by atoms with E-state index in [9.17, 15) is 26.7 Å². The number of nitrogens with two attached hydrogens (primary N) is 1. The minimum Gasteiger partial charge on any atom is -0.458 e. The van der Waals surface area contributed by atoms with E-state index in [1.165, 1.54) is 41.3 Å². The van der Waals surface area contributed by atoms with Crippen molar-refractivity contribution in [2.75, 3.05) is 5.73 Å². The standard InChI is InChI=1S/C29H18F5N5O3/c1-13(26-21(14-5-8-16(30)9-6-14)25(40)22-17(31)3-2-4-20(22)41-26)39-28-23(27(35)36-12-37-28)24(38-39)15-7-10-19(18(32)11-15)42-29(33)34/h2-13,29H,1H3,(H2,35,36,37). The number of aromatic nitrogens is 4. The number of fused-ring (bicyclic) bond motifs is 2. The molecule has 0 bridgehead atoms. The van der Waals surface area contributed by atoms with Crippen molar-refractivity contribution in [1.82, 2.24) is 19.7 Å². The van der Waals surface area contributed by atoms with Gasteiger partial charge in [-0.15, -0.1) is 0 Å². The molecule has 6 aromatic rings. The Bertz CT molecular complexity index is 2040. The molecule has 0 aliphatic rings. The molecule has 0 radical (unpaired) electrons. The van der Waals surface area contributed by atoms with Gasteiger partial charge in [0.25, 0.3) is 0 Å². The fourth-order valence-electron chi connectivity index (χ4n) is 4.82. The molecule has 0 saturated heterocycles. The van der Waals surface area contributed by atoms with Crippen molar-refractivity contribution in [3.05, 3.63) is 100 Å². The molecule has 42 heavy (non-hydrogen) atoms. The van der Waals surface area contributed by atoms with Gasteiger partial charge >= 0.3 is 6.61 Å². The summed E-state index contributed by atoms with van der Waals surface area (Å²) in [7, 11) is 0. The van der Waals surface area contributed by atoms with Gasteiger partial charge in [-0.1, -0.05) is 18.2 Å². The van der Waals surface area contributed by atoms with Crippen LogP contribution in [-0.4, -0.2) is 26.4 Å². The third-order valence-electron chi connectivity index (χ3n) is 6.71. The third kappa shape index (κ3) is 4.48. The van der Waals surface area contributed by atoms with Crippen LogP contribution in [0.3, 0.4) is 0 Å². The van der Waals surface area contributed by atoms with Gasteiger partial charge in [-0.25, -0.2) is 27.8 Å². The molecule has 0 saturated carbocycles. The van der Waals surface area contributed by atoms with Crippen LogP contribution >= 0.6 is 0 Å². The molecule has 3 aromatic carbocycles. The van der Waals surface area contributed by atoms with Gasteiger partial charge in [0.1, 0.15) is 52.2 Å². The molecule has 0 aliphatic carbocycles. The van der Waals surface area contributed by atoms with Gasteiger partial charge < -0.3 is 14.9 Å². The molecule has 1 unspecified atom stereocenters. The molecule has 0 amide bonds. The molecule has 0 fully saturated rings. The molecule has 6 rings (SSSR count). The molecule has 3 heterocycles. The van der Waals surface area contributed by atoms with Crippen molar-refractivity contribution in [3.63, 3.8) is 0 Å². The normalized spacial score (nSPS) is 12.4. The molecule has 212 valence electrons. The summed E-state index contributed by atoms with van der Waals surface area (Å²) < 4.78 is 80.2. The molecule has 3 aromatic heterocycles. The first-order chi connectivity index (χ1) is 20.1. The Morgan fingerprint density at radius 2 is 1.67 bits per heavy atom. The molecular weight excluding hydrogens is 561 g/mol. The van der Waals surface area contributed by atoms with E-state index in [1.807, 2.05) is 0 Å². The summed E-state index contributed by atoms with van der Waals surface area (Å²) in [6.45, 7) is -1.60. The summed E-state index contributed by atoms with van der Waals surface area (Å²) in [6, 6.07) is 11.3. The number of hydrogen-bond donors (Lipinski definition) is 1. The highest BCUT2D eigenvalue weighted by atomic mass is 19.3. The van der Waals surface area contributed by atoms with Crippen molar-refractivity contribution in [2.45, 2.75) is 19.6 Å². The van der Waals surface area contributed by atoms with Gasteiger partial charge in [0.2, 0.25) is 5.43 Å². The molecule has 8 nitrogen and oxygen atoms in total. The van der Waals surface area contributed by atoms with E-state index in [-0.39, 0.29) is 56.0 Å². The van der Waals surface area contributed by atoms with E-state index in [1.54, 1.807) is 6.92 Å². The van der Waals surface area contributed by atoms with Gasteiger partial charge in [0.15, 0.2) is 17.2 Å². The van der Waals surface area contributed by atoms with Gasteiger partial charge in [0, 0.05) is 5.56 Å². The summed E-state index contributed by atoms with van der Waals surface area (Å²) in [5.41, 5.74) is 6.09. The van der Waals surface area contributed by atoms with Gasteiger partial charge in [-0.3, -0.25) is 4.79 Å². The average Bonchev–Trinajstić information content (AvgIpc) is 3.35. The maximum atomic E-state index is 14.8. The Morgan fingerprint density at radius 3 is 2.38 bits per heavy atom. The number of rotatable bonds is 6. The Morgan fingerprint density at radius 1 is 0.929 bits per heavy atom. The topological polar surface area (TPSA) is 109 Å². The van der Waals surface area contributed by atoms with E-state index < -0.39 is 41.3 Å². The number of hydrogen-bond acceptors (Lipinski definition) is 7. The smallest absolute Gasteiger partial charge is 0.387 e.